The standard InChI is InChI=1S/C15H8F6N2O2/c16-8-4-2-5-9(17)11(8)13(24)23(14(22)25)12-7(15(19,20)21)3-1-6-10(12)18/h1-6H,(H2,22,25). The van der Waals surface area contributed by atoms with Crippen LogP contribution in [0.4, 0.5) is 36.8 Å². The maximum absolute atomic E-state index is 14.0. The van der Waals surface area contributed by atoms with Gasteiger partial charge in [-0.15, -0.1) is 0 Å². The molecule has 25 heavy (non-hydrogen) atoms. The van der Waals surface area contributed by atoms with E-state index in [1.54, 1.807) is 0 Å². The third-order valence-corrected chi connectivity index (χ3v) is 3.12. The van der Waals surface area contributed by atoms with Crippen LogP contribution in [0, 0.1) is 17.5 Å². The van der Waals surface area contributed by atoms with E-state index in [4.69, 9.17) is 5.73 Å². The molecule has 0 aliphatic carbocycles. The molecule has 0 aliphatic rings. The molecule has 2 aromatic carbocycles. The predicted molar refractivity (Wildman–Crippen MR) is 74.2 cm³/mol. The summed E-state index contributed by atoms with van der Waals surface area (Å²) in [5, 5.41) is 0. The Morgan fingerprint density at radius 3 is 1.84 bits per heavy atom. The lowest BCUT2D eigenvalue weighted by molar-refractivity contribution is -0.137. The zero-order valence-corrected chi connectivity index (χ0v) is 12.1. The van der Waals surface area contributed by atoms with Crippen molar-refractivity contribution < 1.29 is 35.9 Å². The molecule has 0 spiro atoms. The van der Waals surface area contributed by atoms with Crippen LogP contribution in [0.2, 0.25) is 0 Å². The number of nitrogens with two attached hydrogens (primary N) is 1. The van der Waals surface area contributed by atoms with Crippen LogP contribution in [0.1, 0.15) is 15.9 Å². The van der Waals surface area contributed by atoms with E-state index in [0.29, 0.717) is 30.3 Å². The minimum absolute atomic E-state index is 0.388. The number of urea groups is 1. The van der Waals surface area contributed by atoms with Crippen molar-refractivity contribution in [2.75, 3.05) is 4.90 Å². The Morgan fingerprint density at radius 1 is 0.880 bits per heavy atom. The maximum Gasteiger partial charge on any atom is 0.418 e. The van der Waals surface area contributed by atoms with Crippen LogP contribution in [0.25, 0.3) is 0 Å². The van der Waals surface area contributed by atoms with Crippen molar-refractivity contribution >= 4 is 17.6 Å². The maximum atomic E-state index is 14.0. The average molecular weight is 362 g/mol. The molecule has 2 rings (SSSR count). The number of primary amides is 1. The number of halogens is 6. The summed E-state index contributed by atoms with van der Waals surface area (Å²) in [7, 11) is 0. The number of alkyl halides is 3. The summed E-state index contributed by atoms with van der Waals surface area (Å²) >= 11 is 0. The van der Waals surface area contributed by atoms with Gasteiger partial charge < -0.3 is 5.73 Å². The van der Waals surface area contributed by atoms with Crippen molar-refractivity contribution in [1.82, 2.24) is 0 Å². The zero-order chi connectivity index (χ0) is 18.9. The summed E-state index contributed by atoms with van der Waals surface area (Å²) in [5.41, 5.74) is 0.268. The average Bonchev–Trinajstić information content (AvgIpc) is 2.47. The number of carbonyl (C=O) groups is 2. The lowest BCUT2D eigenvalue weighted by Crippen LogP contribution is -2.43. The van der Waals surface area contributed by atoms with Crippen LogP contribution >= 0.6 is 0 Å². The van der Waals surface area contributed by atoms with Gasteiger partial charge in [-0.2, -0.15) is 13.2 Å². The number of hydrogen-bond donors (Lipinski definition) is 1. The summed E-state index contributed by atoms with van der Waals surface area (Å²) in [4.78, 5) is 23.3. The van der Waals surface area contributed by atoms with E-state index in [1.807, 2.05) is 0 Å². The molecule has 4 nitrogen and oxygen atoms in total. The second-order valence-corrected chi connectivity index (χ2v) is 4.71. The van der Waals surface area contributed by atoms with Crippen molar-refractivity contribution in [2.45, 2.75) is 6.18 Å². The van der Waals surface area contributed by atoms with Crippen LogP contribution < -0.4 is 10.6 Å². The molecule has 0 saturated heterocycles. The molecule has 0 bridgehead atoms. The number of anilines is 1. The van der Waals surface area contributed by atoms with E-state index < -0.39 is 57.3 Å². The second kappa shape index (κ2) is 6.46. The van der Waals surface area contributed by atoms with Gasteiger partial charge in [0.25, 0.3) is 5.91 Å². The highest BCUT2D eigenvalue weighted by atomic mass is 19.4. The first-order valence-corrected chi connectivity index (χ1v) is 6.49. The molecule has 3 amide bonds. The van der Waals surface area contributed by atoms with Crippen molar-refractivity contribution in [3.8, 4) is 0 Å². The first-order valence-electron chi connectivity index (χ1n) is 6.49. The van der Waals surface area contributed by atoms with E-state index in [-0.39, 0.29) is 0 Å². The molecule has 0 unspecified atom stereocenters. The number of carbonyl (C=O) groups excluding carboxylic acids is 2. The Labute approximate surface area is 136 Å². The molecular weight excluding hydrogens is 354 g/mol. The first-order chi connectivity index (χ1) is 11.6. The fraction of sp³-hybridized carbons (Fsp3) is 0.0667. The SMILES string of the molecule is NC(=O)N(C(=O)c1c(F)cccc1F)c1c(F)cccc1C(F)(F)F. The molecular formula is C15H8F6N2O2. The molecule has 0 saturated carbocycles. The number of hydrogen-bond acceptors (Lipinski definition) is 2. The highest BCUT2D eigenvalue weighted by Crippen LogP contribution is 2.38. The lowest BCUT2D eigenvalue weighted by Gasteiger charge is -2.23. The minimum Gasteiger partial charge on any atom is -0.351 e. The Balaban J connectivity index is 2.73. The number of benzene rings is 2. The molecule has 2 aromatic rings. The zero-order valence-electron chi connectivity index (χ0n) is 12.1. The van der Waals surface area contributed by atoms with E-state index in [1.165, 1.54) is 0 Å². The van der Waals surface area contributed by atoms with Crippen LogP contribution in [-0.2, 0) is 6.18 Å². The van der Waals surface area contributed by atoms with Crippen molar-refractivity contribution in [3.63, 3.8) is 0 Å². The summed E-state index contributed by atoms with van der Waals surface area (Å²) < 4.78 is 80.6. The fourth-order valence-corrected chi connectivity index (χ4v) is 2.10. The second-order valence-electron chi connectivity index (χ2n) is 4.71. The minimum atomic E-state index is -5.17. The smallest absolute Gasteiger partial charge is 0.351 e. The summed E-state index contributed by atoms with van der Waals surface area (Å²) in [6.45, 7) is 0. The van der Waals surface area contributed by atoms with Crippen LogP contribution in [0.5, 0.6) is 0 Å². The molecule has 0 heterocycles. The van der Waals surface area contributed by atoms with Crippen molar-refractivity contribution in [3.05, 3.63) is 65.0 Å². The van der Waals surface area contributed by atoms with Gasteiger partial charge in [0.15, 0.2) is 0 Å². The number of nitrogens with zero attached hydrogens (tertiary/aromatic N) is 1. The van der Waals surface area contributed by atoms with Gasteiger partial charge in [-0.05, 0) is 24.3 Å². The molecule has 132 valence electrons. The summed E-state index contributed by atoms with van der Waals surface area (Å²) in [6.07, 6.45) is -5.17. The summed E-state index contributed by atoms with van der Waals surface area (Å²) in [5.74, 6) is -6.42. The topological polar surface area (TPSA) is 63.4 Å². The number of amides is 3. The molecule has 0 atom stereocenters. The third kappa shape index (κ3) is 3.42. The van der Waals surface area contributed by atoms with Crippen molar-refractivity contribution in [2.24, 2.45) is 5.73 Å². The lowest BCUT2D eigenvalue weighted by atomic mass is 10.1. The Morgan fingerprint density at radius 2 is 1.36 bits per heavy atom. The largest absolute Gasteiger partial charge is 0.418 e. The van der Waals surface area contributed by atoms with Gasteiger partial charge in [0.05, 0.1) is 5.56 Å². The predicted octanol–water partition coefficient (Wildman–Crippen LogP) is 3.85. The Kier molecular flexibility index (Phi) is 4.73. The third-order valence-electron chi connectivity index (χ3n) is 3.12. The van der Waals surface area contributed by atoms with E-state index in [2.05, 4.69) is 0 Å². The van der Waals surface area contributed by atoms with Gasteiger partial charge in [0.2, 0.25) is 0 Å². The van der Waals surface area contributed by atoms with Crippen molar-refractivity contribution in [1.29, 1.82) is 0 Å². The van der Waals surface area contributed by atoms with E-state index >= 15 is 0 Å². The van der Waals surface area contributed by atoms with E-state index in [9.17, 15) is 35.9 Å². The van der Waals surface area contributed by atoms with Crippen LogP contribution in [0.3, 0.4) is 0 Å². The van der Waals surface area contributed by atoms with Gasteiger partial charge in [-0.3, -0.25) is 4.79 Å². The molecule has 0 fully saturated rings. The normalized spacial score (nSPS) is 11.3. The van der Waals surface area contributed by atoms with Gasteiger partial charge in [0, 0.05) is 0 Å². The summed E-state index contributed by atoms with van der Waals surface area (Å²) in [6, 6.07) is 1.94. The van der Waals surface area contributed by atoms with Gasteiger partial charge in [-0.25, -0.2) is 22.9 Å². The molecule has 10 heteroatoms. The monoisotopic (exact) mass is 362 g/mol. The van der Waals surface area contributed by atoms with Crippen LogP contribution in [0.15, 0.2) is 36.4 Å². The Bertz CT molecular complexity index is 830. The molecule has 0 aliphatic heterocycles. The van der Waals surface area contributed by atoms with E-state index in [0.717, 1.165) is 6.07 Å². The van der Waals surface area contributed by atoms with Gasteiger partial charge in [0.1, 0.15) is 28.7 Å². The number of rotatable bonds is 2. The van der Waals surface area contributed by atoms with Gasteiger partial charge in [-0.1, -0.05) is 12.1 Å². The molecule has 0 aromatic heterocycles. The number of para-hydroxylation sites is 1. The quantitative estimate of drug-likeness (QED) is 0.825. The highest BCUT2D eigenvalue weighted by molar-refractivity contribution is 6.20. The first kappa shape index (κ1) is 18.3. The highest BCUT2D eigenvalue weighted by Gasteiger charge is 2.40. The fourth-order valence-electron chi connectivity index (χ4n) is 2.10. The molecule has 0 radical (unpaired) electrons. The van der Waals surface area contributed by atoms with Gasteiger partial charge >= 0.3 is 12.2 Å². The Hall–Kier alpha value is -3.04. The van der Waals surface area contributed by atoms with Crippen LogP contribution in [-0.4, -0.2) is 11.9 Å². The number of imide groups is 1. The molecule has 2 N–H and O–H groups in total.